The number of carbonyl (C=O) groups is 1. The van der Waals surface area contributed by atoms with Crippen molar-refractivity contribution in [3.05, 3.63) is 24.0 Å². The smallest absolute Gasteiger partial charge is 0.410 e. The zero-order chi connectivity index (χ0) is 16.6. The molecule has 0 radical (unpaired) electrons. The van der Waals surface area contributed by atoms with Gasteiger partial charge in [0.2, 0.25) is 0 Å². The maximum Gasteiger partial charge on any atom is 0.410 e. The average molecular weight is 314 g/mol. The number of rotatable bonds is 1. The highest BCUT2D eigenvalue weighted by Gasteiger charge is 2.44. The SMILES string of the molecule is CC(C)(C)OC(=O)N1C[C@H]2CCN(c3cncc(C#N)c3)[C@H]2C1. The minimum absolute atomic E-state index is 0.240. The molecule has 3 heterocycles. The van der Waals surface area contributed by atoms with E-state index in [1.807, 2.05) is 26.8 Å². The number of pyridine rings is 1. The molecule has 0 N–H and O–H groups in total. The van der Waals surface area contributed by atoms with E-state index in [1.54, 1.807) is 17.3 Å². The molecule has 0 aliphatic carbocycles. The van der Waals surface area contributed by atoms with E-state index in [1.165, 1.54) is 0 Å². The number of fused-ring (bicyclic) bond motifs is 1. The summed E-state index contributed by atoms with van der Waals surface area (Å²) in [7, 11) is 0. The van der Waals surface area contributed by atoms with Crippen LogP contribution in [0, 0.1) is 17.2 Å². The van der Waals surface area contributed by atoms with Gasteiger partial charge in [-0.2, -0.15) is 5.26 Å². The molecule has 0 spiro atoms. The van der Waals surface area contributed by atoms with Crippen molar-refractivity contribution in [3.63, 3.8) is 0 Å². The topological polar surface area (TPSA) is 69.5 Å². The first-order chi connectivity index (χ1) is 10.9. The number of hydrogen-bond acceptors (Lipinski definition) is 5. The van der Waals surface area contributed by atoms with Crippen LogP contribution in [-0.2, 0) is 4.74 Å². The van der Waals surface area contributed by atoms with Crippen molar-refractivity contribution in [2.24, 2.45) is 5.92 Å². The summed E-state index contributed by atoms with van der Waals surface area (Å²) in [5.41, 5.74) is 1.05. The third kappa shape index (κ3) is 3.24. The van der Waals surface area contributed by atoms with Crippen LogP contribution >= 0.6 is 0 Å². The van der Waals surface area contributed by atoms with Crippen molar-refractivity contribution in [2.45, 2.75) is 38.8 Å². The summed E-state index contributed by atoms with van der Waals surface area (Å²) in [5.74, 6) is 0.452. The number of likely N-dealkylation sites (tertiary alicyclic amines) is 1. The molecule has 0 unspecified atom stereocenters. The van der Waals surface area contributed by atoms with Gasteiger partial charge in [0, 0.05) is 31.7 Å². The van der Waals surface area contributed by atoms with Gasteiger partial charge in [-0.15, -0.1) is 0 Å². The zero-order valence-electron chi connectivity index (χ0n) is 13.8. The summed E-state index contributed by atoms with van der Waals surface area (Å²) in [5, 5.41) is 9.04. The Kier molecular flexibility index (Phi) is 3.88. The number of hydrogen-bond donors (Lipinski definition) is 0. The fourth-order valence-corrected chi connectivity index (χ4v) is 3.40. The molecule has 0 bridgehead atoms. The molecule has 6 heteroatoms. The molecule has 2 atom stereocenters. The molecule has 0 saturated carbocycles. The first-order valence-corrected chi connectivity index (χ1v) is 7.97. The van der Waals surface area contributed by atoms with Gasteiger partial charge in [0.05, 0.1) is 23.5 Å². The van der Waals surface area contributed by atoms with E-state index in [0.717, 1.165) is 25.2 Å². The van der Waals surface area contributed by atoms with Crippen LogP contribution in [0.25, 0.3) is 0 Å². The minimum atomic E-state index is -0.473. The van der Waals surface area contributed by atoms with Crippen molar-refractivity contribution in [2.75, 3.05) is 24.5 Å². The summed E-state index contributed by atoms with van der Waals surface area (Å²) in [4.78, 5) is 20.5. The van der Waals surface area contributed by atoms with E-state index >= 15 is 0 Å². The monoisotopic (exact) mass is 314 g/mol. The van der Waals surface area contributed by atoms with Crippen LogP contribution < -0.4 is 4.90 Å². The second-order valence-electron chi connectivity index (χ2n) is 7.24. The van der Waals surface area contributed by atoms with Crippen molar-refractivity contribution < 1.29 is 9.53 Å². The first kappa shape index (κ1) is 15.6. The van der Waals surface area contributed by atoms with E-state index in [0.29, 0.717) is 18.0 Å². The van der Waals surface area contributed by atoms with Crippen molar-refractivity contribution in [3.8, 4) is 6.07 Å². The molecule has 0 aromatic carbocycles. The summed E-state index contributed by atoms with van der Waals surface area (Å²) in [6, 6.07) is 4.27. The Labute approximate surface area is 136 Å². The van der Waals surface area contributed by atoms with E-state index in [2.05, 4.69) is 16.0 Å². The van der Waals surface area contributed by atoms with E-state index in [4.69, 9.17) is 10.00 Å². The van der Waals surface area contributed by atoms with Crippen LogP contribution in [0.15, 0.2) is 18.5 Å². The molecular weight excluding hydrogens is 292 g/mol. The van der Waals surface area contributed by atoms with Gasteiger partial charge in [0.1, 0.15) is 11.7 Å². The molecule has 1 amide bonds. The van der Waals surface area contributed by atoms with Crippen LogP contribution in [0.1, 0.15) is 32.8 Å². The predicted molar refractivity (Wildman–Crippen MR) is 86.0 cm³/mol. The minimum Gasteiger partial charge on any atom is -0.444 e. The molecule has 1 aromatic rings. The number of ether oxygens (including phenoxy) is 1. The van der Waals surface area contributed by atoms with Crippen molar-refractivity contribution in [1.29, 1.82) is 5.26 Å². The standard InChI is InChI=1S/C17H22N4O2/c1-17(2,3)23-16(22)20-10-13-4-5-21(15(13)11-20)14-6-12(7-18)8-19-9-14/h6,8-9,13,15H,4-5,10-11H2,1-3H3/t13-,15+/m1/s1. The summed E-state index contributed by atoms with van der Waals surface area (Å²) >= 11 is 0. The van der Waals surface area contributed by atoms with Gasteiger partial charge < -0.3 is 14.5 Å². The van der Waals surface area contributed by atoms with Gasteiger partial charge in [-0.05, 0) is 33.3 Å². The van der Waals surface area contributed by atoms with Gasteiger partial charge in [-0.3, -0.25) is 4.98 Å². The van der Waals surface area contributed by atoms with Crippen molar-refractivity contribution in [1.82, 2.24) is 9.88 Å². The summed E-state index contributed by atoms with van der Waals surface area (Å²) in [6.45, 7) is 7.99. The molecule has 122 valence electrons. The van der Waals surface area contributed by atoms with E-state index in [-0.39, 0.29) is 12.1 Å². The number of aromatic nitrogens is 1. The molecule has 1 aromatic heterocycles. The maximum atomic E-state index is 12.3. The quantitative estimate of drug-likeness (QED) is 0.796. The van der Waals surface area contributed by atoms with E-state index in [9.17, 15) is 4.79 Å². The largest absolute Gasteiger partial charge is 0.444 e. The molecule has 2 fully saturated rings. The Bertz CT molecular complexity index is 647. The van der Waals surface area contributed by atoms with Crippen LogP contribution in [-0.4, -0.2) is 47.3 Å². The molecule has 3 rings (SSSR count). The number of amides is 1. The zero-order valence-corrected chi connectivity index (χ0v) is 13.8. The fourth-order valence-electron chi connectivity index (χ4n) is 3.40. The number of nitrogens with zero attached hydrogens (tertiary/aromatic N) is 4. The summed E-state index contributed by atoms with van der Waals surface area (Å²) in [6.07, 6.45) is 4.16. The van der Waals surface area contributed by atoms with E-state index < -0.39 is 5.60 Å². The first-order valence-electron chi connectivity index (χ1n) is 7.97. The highest BCUT2D eigenvalue weighted by molar-refractivity contribution is 5.69. The molecular formula is C17H22N4O2. The molecule has 2 aliphatic rings. The Morgan fingerprint density at radius 1 is 1.39 bits per heavy atom. The van der Waals surface area contributed by atoms with Gasteiger partial charge in [-0.1, -0.05) is 0 Å². The van der Waals surface area contributed by atoms with Crippen LogP contribution in [0.4, 0.5) is 10.5 Å². The lowest BCUT2D eigenvalue weighted by molar-refractivity contribution is 0.0284. The van der Waals surface area contributed by atoms with Gasteiger partial charge >= 0.3 is 6.09 Å². The Hall–Kier alpha value is -2.29. The third-order valence-corrected chi connectivity index (χ3v) is 4.38. The predicted octanol–water partition coefficient (Wildman–Crippen LogP) is 2.40. The van der Waals surface area contributed by atoms with Gasteiger partial charge in [0.15, 0.2) is 0 Å². The summed E-state index contributed by atoms with van der Waals surface area (Å²) < 4.78 is 5.48. The number of carbonyl (C=O) groups excluding carboxylic acids is 1. The lowest BCUT2D eigenvalue weighted by Crippen LogP contribution is -2.39. The van der Waals surface area contributed by atoms with Crippen LogP contribution in [0.5, 0.6) is 0 Å². The molecule has 2 saturated heterocycles. The normalized spacial score (nSPS) is 23.6. The lowest BCUT2D eigenvalue weighted by atomic mass is 10.1. The average Bonchev–Trinajstić information content (AvgIpc) is 3.05. The highest BCUT2D eigenvalue weighted by Crippen LogP contribution is 2.35. The van der Waals surface area contributed by atoms with Crippen LogP contribution in [0.3, 0.4) is 0 Å². The van der Waals surface area contributed by atoms with Crippen LogP contribution in [0.2, 0.25) is 0 Å². The number of anilines is 1. The highest BCUT2D eigenvalue weighted by atomic mass is 16.6. The third-order valence-electron chi connectivity index (χ3n) is 4.38. The Morgan fingerprint density at radius 3 is 2.87 bits per heavy atom. The van der Waals surface area contributed by atoms with Gasteiger partial charge in [0.25, 0.3) is 0 Å². The second kappa shape index (κ2) is 5.73. The maximum absolute atomic E-state index is 12.3. The Morgan fingerprint density at radius 2 is 2.17 bits per heavy atom. The fraction of sp³-hybridized carbons (Fsp3) is 0.588. The Balaban J connectivity index is 1.72. The van der Waals surface area contributed by atoms with Crippen molar-refractivity contribution >= 4 is 11.8 Å². The number of nitriles is 1. The second-order valence-corrected chi connectivity index (χ2v) is 7.24. The lowest BCUT2D eigenvalue weighted by Gasteiger charge is -2.28. The van der Waals surface area contributed by atoms with Gasteiger partial charge in [-0.25, -0.2) is 4.79 Å². The molecule has 2 aliphatic heterocycles. The molecule has 23 heavy (non-hydrogen) atoms. The molecule has 6 nitrogen and oxygen atoms in total.